The summed E-state index contributed by atoms with van der Waals surface area (Å²) in [5.74, 6) is 1.54. The lowest BCUT2D eigenvalue weighted by atomic mass is 10.1. The normalized spacial score (nSPS) is 11.1. The molecule has 0 aliphatic heterocycles. The van der Waals surface area contributed by atoms with E-state index in [-0.39, 0.29) is 0 Å². The molecule has 0 unspecified atom stereocenters. The molecule has 2 aromatic rings. The molecular weight excluding hydrogens is 353 g/mol. The van der Waals surface area contributed by atoms with Crippen molar-refractivity contribution < 1.29 is 0 Å². The van der Waals surface area contributed by atoms with Crippen LogP contribution in [0.25, 0.3) is 11.6 Å². The number of hydrogen-bond donors (Lipinski definition) is 1. The van der Waals surface area contributed by atoms with Gasteiger partial charge in [0.2, 0.25) is 0 Å². The van der Waals surface area contributed by atoms with Crippen LogP contribution in [0.4, 0.5) is 0 Å². The molecule has 17 heavy (non-hydrogen) atoms. The van der Waals surface area contributed by atoms with Gasteiger partial charge in [-0.05, 0) is 34.9 Å². The number of hydrogen-bond acceptors (Lipinski definition) is 4. The summed E-state index contributed by atoms with van der Waals surface area (Å²) >= 11 is 8.27. The summed E-state index contributed by atoms with van der Waals surface area (Å²) in [5.41, 5.74) is 0.951. The fraction of sp³-hybridized carbons (Fsp3) is 0.400. The average Bonchev–Trinajstić information content (AvgIpc) is 2.77. The first-order valence-electron chi connectivity index (χ1n) is 5.15. The van der Waals surface area contributed by atoms with E-state index >= 15 is 0 Å². The lowest BCUT2D eigenvalue weighted by molar-refractivity contribution is 0.632. The predicted octanol–water partition coefficient (Wildman–Crippen LogP) is 2.72. The summed E-state index contributed by atoms with van der Waals surface area (Å²) < 4.78 is 0.904. The zero-order chi connectivity index (χ0) is 12.4. The minimum Gasteiger partial charge on any atom is -0.257 e. The van der Waals surface area contributed by atoms with Crippen LogP contribution in [0, 0.1) is 9.49 Å². The van der Waals surface area contributed by atoms with Crippen molar-refractivity contribution in [1.82, 2.24) is 25.1 Å². The minimum absolute atomic E-state index is 0.461. The van der Waals surface area contributed by atoms with Crippen LogP contribution in [0.2, 0.25) is 5.15 Å². The highest BCUT2D eigenvalue weighted by atomic mass is 127. The van der Waals surface area contributed by atoms with E-state index in [0.29, 0.717) is 22.7 Å². The lowest BCUT2D eigenvalue weighted by Gasteiger charge is -2.08. The van der Waals surface area contributed by atoms with Crippen LogP contribution in [-0.2, 0) is 6.42 Å². The molecule has 2 aromatic heterocycles. The second-order valence-corrected chi connectivity index (χ2v) is 5.47. The van der Waals surface area contributed by atoms with Crippen LogP contribution in [-0.4, -0.2) is 25.1 Å². The third-order valence-corrected chi connectivity index (χ3v) is 3.83. The van der Waals surface area contributed by atoms with Crippen LogP contribution in [0.5, 0.6) is 0 Å². The van der Waals surface area contributed by atoms with Crippen LogP contribution < -0.4 is 0 Å². The quantitative estimate of drug-likeness (QED) is 0.672. The molecule has 0 saturated heterocycles. The Labute approximate surface area is 118 Å². The van der Waals surface area contributed by atoms with Gasteiger partial charge >= 0.3 is 0 Å². The van der Waals surface area contributed by atoms with E-state index in [4.69, 9.17) is 11.6 Å². The Hall–Kier alpha value is -0.760. The van der Waals surface area contributed by atoms with Crippen molar-refractivity contribution in [3.8, 4) is 11.6 Å². The first-order chi connectivity index (χ1) is 8.08. The molecule has 90 valence electrons. The number of aromatic amines is 1. The van der Waals surface area contributed by atoms with Crippen molar-refractivity contribution in [2.75, 3.05) is 0 Å². The molecule has 0 fully saturated rings. The first-order valence-corrected chi connectivity index (χ1v) is 6.61. The van der Waals surface area contributed by atoms with Crippen molar-refractivity contribution in [2.24, 2.45) is 5.92 Å². The molecular formula is C10H11ClIN5. The van der Waals surface area contributed by atoms with Gasteiger partial charge in [-0.15, -0.1) is 0 Å². The van der Waals surface area contributed by atoms with Crippen LogP contribution in [0.15, 0.2) is 6.33 Å². The third-order valence-electron chi connectivity index (χ3n) is 2.11. The average molecular weight is 364 g/mol. The molecule has 2 rings (SSSR count). The summed E-state index contributed by atoms with van der Waals surface area (Å²) in [6.45, 7) is 4.28. The standard InChI is InChI=1S/C10H11ClIN5/c1-5(2)3-6-7(12)8(11)16-10(15-6)9-13-4-14-17-9/h4-5H,3H2,1-2H3,(H,13,14,17). The summed E-state index contributed by atoms with van der Waals surface area (Å²) in [6.07, 6.45) is 2.29. The molecule has 0 saturated carbocycles. The number of halogens is 2. The van der Waals surface area contributed by atoms with Crippen molar-refractivity contribution >= 4 is 34.2 Å². The zero-order valence-electron chi connectivity index (χ0n) is 9.41. The molecule has 0 radical (unpaired) electrons. The molecule has 2 heterocycles. The zero-order valence-corrected chi connectivity index (χ0v) is 12.3. The van der Waals surface area contributed by atoms with Crippen LogP contribution in [0.1, 0.15) is 19.5 Å². The molecule has 0 aliphatic carbocycles. The van der Waals surface area contributed by atoms with E-state index in [1.807, 2.05) is 0 Å². The van der Waals surface area contributed by atoms with Gasteiger partial charge in [0, 0.05) is 0 Å². The van der Waals surface area contributed by atoms with Gasteiger partial charge in [-0.1, -0.05) is 25.4 Å². The molecule has 0 aliphatic rings. The van der Waals surface area contributed by atoms with Crippen LogP contribution in [0.3, 0.4) is 0 Å². The van der Waals surface area contributed by atoms with Gasteiger partial charge in [-0.3, -0.25) is 5.10 Å². The fourth-order valence-electron chi connectivity index (χ4n) is 1.40. The topological polar surface area (TPSA) is 67.3 Å². The number of rotatable bonds is 3. The SMILES string of the molecule is CC(C)Cc1nc(-c2ncn[nH]2)nc(Cl)c1I. The largest absolute Gasteiger partial charge is 0.257 e. The summed E-state index contributed by atoms with van der Waals surface area (Å²) in [6, 6.07) is 0. The predicted molar refractivity (Wildman–Crippen MR) is 73.7 cm³/mol. The van der Waals surface area contributed by atoms with Gasteiger partial charge in [-0.25, -0.2) is 15.0 Å². The van der Waals surface area contributed by atoms with E-state index in [2.05, 4.69) is 61.6 Å². The Morgan fingerprint density at radius 1 is 1.41 bits per heavy atom. The Kier molecular flexibility index (Phi) is 3.93. The maximum absolute atomic E-state index is 6.10. The van der Waals surface area contributed by atoms with E-state index in [9.17, 15) is 0 Å². The monoisotopic (exact) mass is 363 g/mol. The molecule has 0 atom stereocenters. The molecule has 1 N–H and O–H groups in total. The Balaban J connectivity index is 2.46. The maximum atomic E-state index is 6.10. The highest BCUT2D eigenvalue weighted by Gasteiger charge is 2.14. The van der Waals surface area contributed by atoms with Gasteiger partial charge in [0.1, 0.15) is 11.5 Å². The lowest BCUT2D eigenvalue weighted by Crippen LogP contribution is -2.05. The molecule has 0 aromatic carbocycles. The van der Waals surface area contributed by atoms with E-state index in [1.54, 1.807) is 0 Å². The summed E-state index contributed by atoms with van der Waals surface area (Å²) in [4.78, 5) is 12.7. The van der Waals surface area contributed by atoms with E-state index in [0.717, 1.165) is 15.7 Å². The van der Waals surface area contributed by atoms with Crippen molar-refractivity contribution in [1.29, 1.82) is 0 Å². The number of nitrogens with zero attached hydrogens (tertiary/aromatic N) is 4. The van der Waals surface area contributed by atoms with Crippen LogP contribution >= 0.6 is 34.2 Å². The van der Waals surface area contributed by atoms with Crippen molar-refractivity contribution in [2.45, 2.75) is 20.3 Å². The van der Waals surface area contributed by atoms with E-state index < -0.39 is 0 Å². The minimum atomic E-state index is 0.461. The molecule has 0 spiro atoms. The Morgan fingerprint density at radius 3 is 2.76 bits per heavy atom. The van der Waals surface area contributed by atoms with Crippen molar-refractivity contribution in [3.63, 3.8) is 0 Å². The number of nitrogens with one attached hydrogen (secondary N) is 1. The first kappa shape index (κ1) is 12.7. The van der Waals surface area contributed by atoms with Gasteiger partial charge in [0.15, 0.2) is 11.6 Å². The molecule has 0 amide bonds. The molecule has 7 heteroatoms. The summed E-state index contributed by atoms with van der Waals surface area (Å²) in [7, 11) is 0. The molecule has 5 nitrogen and oxygen atoms in total. The second kappa shape index (κ2) is 5.26. The Morgan fingerprint density at radius 2 is 2.18 bits per heavy atom. The van der Waals surface area contributed by atoms with Gasteiger partial charge < -0.3 is 0 Å². The van der Waals surface area contributed by atoms with Crippen molar-refractivity contribution in [3.05, 3.63) is 20.7 Å². The van der Waals surface area contributed by atoms with Gasteiger partial charge in [-0.2, -0.15) is 5.10 Å². The highest BCUT2D eigenvalue weighted by molar-refractivity contribution is 14.1. The smallest absolute Gasteiger partial charge is 0.198 e. The highest BCUT2D eigenvalue weighted by Crippen LogP contribution is 2.23. The third kappa shape index (κ3) is 2.92. The van der Waals surface area contributed by atoms with Gasteiger partial charge in [0.05, 0.1) is 9.26 Å². The summed E-state index contributed by atoms with van der Waals surface area (Å²) in [5, 5.41) is 6.97. The maximum Gasteiger partial charge on any atom is 0.198 e. The van der Waals surface area contributed by atoms with Gasteiger partial charge in [0.25, 0.3) is 0 Å². The number of H-pyrrole nitrogens is 1. The number of aromatic nitrogens is 5. The Bertz CT molecular complexity index is 512. The fourth-order valence-corrected chi connectivity index (χ4v) is 2.05. The second-order valence-electron chi connectivity index (χ2n) is 4.03. The van der Waals surface area contributed by atoms with E-state index in [1.165, 1.54) is 6.33 Å². The molecule has 0 bridgehead atoms.